The van der Waals surface area contributed by atoms with Gasteiger partial charge in [-0.15, -0.1) is 24.0 Å². The first-order chi connectivity index (χ1) is 13.8. The van der Waals surface area contributed by atoms with E-state index in [9.17, 15) is 13.2 Å². The molecule has 0 radical (unpaired) electrons. The Bertz CT molecular complexity index is 674. The van der Waals surface area contributed by atoms with Gasteiger partial charge in [0.15, 0.2) is 17.5 Å². The Morgan fingerprint density at radius 2 is 1.97 bits per heavy atom. The fourth-order valence-corrected chi connectivity index (χ4v) is 3.37. The molecule has 172 valence electrons. The first kappa shape index (κ1) is 26.6. The highest BCUT2D eigenvalue weighted by Crippen LogP contribution is 2.28. The first-order valence-corrected chi connectivity index (χ1v) is 9.89. The lowest BCUT2D eigenvalue weighted by atomic mass is 10.1. The van der Waals surface area contributed by atoms with E-state index < -0.39 is 12.7 Å². The van der Waals surface area contributed by atoms with E-state index in [1.165, 1.54) is 4.90 Å². The molecule has 0 spiro atoms. The van der Waals surface area contributed by atoms with Crippen LogP contribution in [-0.2, 0) is 6.42 Å². The molecule has 0 bridgehead atoms. The zero-order valence-corrected chi connectivity index (χ0v) is 20.0. The van der Waals surface area contributed by atoms with Gasteiger partial charge in [0.1, 0.15) is 0 Å². The fraction of sp³-hybridized carbons (Fsp3) is 0.650. The fourth-order valence-electron chi connectivity index (χ4n) is 3.37. The molecular formula is C20H32F3IN4O2. The average molecular weight is 544 g/mol. The Hall–Kier alpha value is -1.43. The molecule has 1 heterocycles. The number of methoxy groups -OCH3 is 2. The zero-order valence-electron chi connectivity index (χ0n) is 17.7. The van der Waals surface area contributed by atoms with E-state index in [1.807, 2.05) is 25.1 Å². The molecule has 1 aliphatic rings. The standard InChI is InChI=1S/C20H31F3N4O2.HI/c1-4-24-19(26-16-9-11-27(13-16)14-20(21,22)23)25-10-5-6-15-7-8-17(28-2)18(12-15)29-3;/h7-8,12,16H,4-6,9-11,13-14H2,1-3H3,(H2,24,25,26);1H. The second-order valence-corrected chi connectivity index (χ2v) is 7.03. The minimum atomic E-state index is -4.16. The van der Waals surface area contributed by atoms with Crippen molar-refractivity contribution in [2.45, 2.75) is 38.4 Å². The Balaban J connectivity index is 0.00000450. The molecule has 30 heavy (non-hydrogen) atoms. The summed E-state index contributed by atoms with van der Waals surface area (Å²) in [6.07, 6.45) is -1.80. The SMILES string of the molecule is CCNC(=NCCCc1ccc(OC)c(OC)c1)NC1CCN(CC(F)(F)F)C1.I. The lowest BCUT2D eigenvalue weighted by Gasteiger charge is -2.19. The summed E-state index contributed by atoms with van der Waals surface area (Å²) in [6.45, 7) is 3.23. The van der Waals surface area contributed by atoms with Crippen LogP contribution in [0.4, 0.5) is 13.2 Å². The number of benzene rings is 1. The molecule has 0 saturated carbocycles. The summed E-state index contributed by atoms with van der Waals surface area (Å²) in [5, 5.41) is 6.42. The third-order valence-electron chi connectivity index (χ3n) is 4.70. The molecule has 1 saturated heterocycles. The maximum Gasteiger partial charge on any atom is 0.401 e. The number of guanidine groups is 1. The number of rotatable bonds is 9. The number of nitrogens with zero attached hydrogens (tertiary/aromatic N) is 2. The second-order valence-electron chi connectivity index (χ2n) is 7.03. The summed E-state index contributed by atoms with van der Waals surface area (Å²) < 4.78 is 48.2. The minimum Gasteiger partial charge on any atom is -0.493 e. The van der Waals surface area contributed by atoms with Crippen molar-refractivity contribution in [1.29, 1.82) is 0 Å². The van der Waals surface area contributed by atoms with Crippen LogP contribution in [0.25, 0.3) is 0 Å². The number of likely N-dealkylation sites (tertiary alicyclic amines) is 1. The number of hydrogen-bond acceptors (Lipinski definition) is 4. The van der Waals surface area contributed by atoms with Crippen molar-refractivity contribution in [2.75, 3.05) is 46.9 Å². The van der Waals surface area contributed by atoms with Gasteiger partial charge >= 0.3 is 6.18 Å². The molecular weight excluding hydrogens is 512 g/mol. The molecule has 0 aromatic heterocycles. The van der Waals surface area contributed by atoms with Crippen LogP contribution in [0.1, 0.15) is 25.3 Å². The molecule has 2 rings (SSSR count). The van der Waals surface area contributed by atoms with E-state index in [4.69, 9.17) is 9.47 Å². The van der Waals surface area contributed by atoms with E-state index in [1.54, 1.807) is 14.2 Å². The quantitative estimate of drug-likeness (QED) is 0.216. The highest BCUT2D eigenvalue weighted by atomic mass is 127. The smallest absolute Gasteiger partial charge is 0.401 e. The second kappa shape index (κ2) is 13.1. The van der Waals surface area contributed by atoms with Gasteiger partial charge in [0.25, 0.3) is 0 Å². The highest BCUT2D eigenvalue weighted by Gasteiger charge is 2.34. The summed E-state index contributed by atoms with van der Waals surface area (Å²) in [6, 6.07) is 5.82. The van der Waals surface area contributed by atoms with Crippen molar-refractivity contribution >= 4 is 29.9 Å². The van der Waals surface area contributed by atoms with Crippen LogP contribution in [0.15, 0.2) is 23.2 Å². The van der Waals surface area contributed by atoms with Crippen LogP contribution < -0.4 is 20.1 Å². The molecule has 1 unspecified atom stereocenters. The Morgan fingerprint density at radius 3 is 2.60 bits per heavy atom. The Morgan fingerprint density at radius 1 is 1.23 bits per heavy atom. The molecule has 1 atom stereocenters. The van der Waals surface area contributed by atoms with Crippen LogP contribution >= 0.6 is 24.0 Å². The van der Waals surface area contributed by atoms with Crippen LogP contribution in [0.3, 0.4) is 0 Å². The lowest BCUT2D eigenvalue weighted by Crippen LogP contribution is -2.45. The maximum absolute atomic E-state index is 12.5. The topological polar surface area (TPSA) is 58.1 Å². The van der Waals surface area contributed by atoms with E-state index in [0.29, 0.717) is 50.1 Å². The number of nitrogens with one attached hydrogen (secondary N) is 2. The van der Waals surface area contributed by atoms with Gasteiger partial charge in [0.2, 0.25) is 0 Å². The van der Waals surface area contributed by atoms with Gasteiger partial charge in [-0.25, -0.2) is 0 Å². The highest BCUT2D eigenvalue weighted by molar-refractivity contribution is 14.0. The summed E-state index contributed by atoms with van der Waals surface area (Å²) in [7, 11) is 3.22. The molecule has 1 aliphatic heterocycles. The number of aliphatic imine (C=N–C) groups is 1. The number of ether oxygens (including phenoxy) is 2. The third kappa shape index (κ3) is 9.15. The maximum atomic E-state index is 12.5. The first-order valence-electron chi connectivity index (χ1n) is 9.89. The van der Waals surface area contributed by atoms with Gasteiger partial charge in [0, 0.05) is 32.2 Å². The molecule has 1 aromatic rings. The molecule has 10 heteroatoms. The minimum absolute atomic E-state index is 0. The summed E-state index contributed by atoms with van der Waals surface area (Å²) in [5.74, 6) is 2.05. The number of alkyl halides is 3. The predicted molar refractivity (Wildman–Crippen MR) is 123 cm³/mol. The van der Waals surface area contributed by atoms with Gasteiger partial charge in [-0.05, 0) is 43.9 Å². The van der Waals surface area contributed by atoms with E-state index in [2.05, 4.69) is 15.6 Å². The largest absolute Gasteiger partial charge is 0.493 e. The predicted octanol–water partition coefficient (Wildman–Crippen LogP) is 3.45. The van der Waals surface area contributed by atoms with Crippen LogP contribution in [-0.4, -0.2) is 70.0 Å². The molecule has 0 amide bonds. The van der Waals surface area contributed by atoms with Crippen molar-refractivity contribution < 1.29 is 22.6 Å². The summed E-state index contributed by atoms with van der Waals surface area (Å²) in [4.78, 5) is 5.99. The number of hydrogen-bond donors (Lipinski definition) is 2. The van der Waals surface area contributed by atoms with Crippen molar-refractivity contribution in [3.63, 3.8) is 0 Å². The number of aryl methyl sites for hydroxylation is 1. The summed E-state index contributed by atoms with van der Waals surface area (Å²) in [5.41, 5.74) is 1.13. The average Bonchev–Trinajstić information content (AvgIpc) is 3.09. The Labute approximate surface area is 193 Å². The molecule has 1 fully saturated rings. The normalized spacial score (nSPS) is 17.4. The van der Waals surface area contributed by atoms with Gasteiger partial charge in [0.05, 0.1) is 20.8 Å². The molecule has 0 aliphatic carbocycles. The van der Waals surface area contributed by atoms with E-state index in [0.717, 1.165) is 18.4 Å². The van der Waals surface area contributed by atoms with Crippen LogP contribution in [0, 0.1) is 0 Å². The zero-order chi connectivity index (χ0) is 21.3. The molecule has 1 aromatic carbocycles. The van der Waals surface area contributed by atoms with E-state index in [-0.39, 0.29) is 30.0 Å². The number of halogens is 4. The van der Waals surface area contributed by atoms with Crippen molar-refractivity contribution in [3.8, 4) is 11.5 Å². The third-order valence-corrected chi connectivity index (χ3v) is 4.70. The summed E-state index contributed by atoms with van der Waals surface area (Å²) >= 11 is 0. The van der Waals surface area contributed by atoms with Crippen molar-refractivity contribution in [3.05, 3.63) is 23.8 Å². The Kier molecular flexibility index (Phi) is 11.6. The van der Waals surface area contributed by atoms with Crippen LogP contribution in [0.2, 0.25) is 0 Å². The van der Waals surface area contributed by atoms with Gasteiger partial charge in [-0.3, -0.25) is 9.89 Å². The van der Waals surface area contributed by atoms with Gasteiger partial charge in [-0.2, -0.15) is 13.2 Å². The van der Waals surface area contributed by atoms with E-state index >= 15 is 0 Å². The van der Waals surface area contributed by atoms with Crippen LogP contribution in [0.5, 0.6) is 11.5 Å². The van der Waals surface area contributed by atoms with Crippen molar-refractivity contribution in [1.82, 2.24) is 15.5 Å². The van der Waals surface area contributed by atoms with Crippen molar-refractivity contribution in [2.24, 2.45) is 4.99 Å². The monoisotopic (exact) mass is 544 g/mol. The van der Waals surface area contributed by atoms with Gasteiger partial charge < -0.3 is 20.1 Å². The molecule has 2 N–H and O–H groups in total. The lowest BCUT2D eigenvalue weighted by molar-refractivity contribution is -0.143. The van der Waals surface area contributed by atoms with Gasteiger partial charge in [-0.1, -0.05) is 6.07 Å². The molecule has 6 nitrogen and oxygen atoms in total.